The summed E-state index contributed by atoms with van der Waals surface area (Å²) in [6, 6.07) is 5.71. The summed E-state index contributed by atoms with van der Waals surface area (Å²) in [4.78, 5) is 11.9. The predicted molar refractivity (Wildman–Crippen MR) is 62.0 cm³/mol. The third-order valence-corrected chi connectivity index (χ3v) is 3.23. The Kier molecular flexibility index (Phi) is 2.47. The minimum absolute atomic E-state index is 0.0665. The van der Waals surface area contributed by atoms with Gasteiger partial charge in [-0.25, -0.2) is 0 Å². The van der Waals surface area contributed by atoms with Gasteiger partial charge in [0.05, 0.1) is 5.60 Å². The Bertz CT molecular complexity index is 424. The molecule has 0 aliphatic carbocycles. The Labute approximate surface area is 97.8 Å². The van der Waals surface area contributed by atoms with Crippen LogP contribution in [0.3, 0.4) is 0 Å². The van der Waals surface area contributed by atoms with Crippen LogP contribution in [0.25, 0.3) is 0 Å². The molecule has 0 radical (unpaired) electrons. The van der Waals surface area contributed by atoms with Gasteiger partial charge >= 0.3 is 0 Å². The number of ketones is 1. The summed E-state index contributed by atoms with van der Waals surface area (Å²) in [5.41, 5.74) is 1.34. The molecule has 0 spiro atoms. The van der Waals surface area contributed by atoms with E-state index in [1.165, 1.54) is 0 Å². The highest BCUT2D eigenvalue weighted by Gasteiger charge is 2.36. The smallest absolute Gasteiger partial charge is 0.191 e. The molecule has 80 valence electrons. The summed E-state index contributed by atoms with van der Waals surface area (Å²) in [5, 5.41) is 0. The molecular weight excluding hydrogens is 256 g/mol. The number of hydrogen-bond acceptors (Lipinski definition) is 2. The lowest BCUT2D eigenvalue weighted by Crippen LogP contribution is -2.39. The third kappa shape index (κ3) is 1.74. The lowest BCUT2D eigenvalue weighted by atomic mass is 9.86. The molecule has 1 aromatic carbocycles. The molecule has 1 aromatic rings. The molecule has 1 heterocycles. The Hall–Kier alpha value is -0.670. The number of rotatable bonds is 0. The SMILES string of the molecule is CC1OC(C)(C)c2cc(Br)ccc2C1=O. The van der Waals surface area contributed by atoms with Crippen molar-refractivity contribution in [1.82, 2.24) is 0 Å². The number of Topliss-reactive ketones (excluding diaryl/α,β-unsaturated/α-hetero) is 1. The Morgan fingerprint density at radius 1 is 1.40 bits per heavy atom. The first-order valence-corrected chi connectivity index (χ1v) is 5.73. The van der Waals surface area contributed by atoms with E-state index in [9.17, 15) is 4.79 Å². The lowest BCUT2D eigenvalue weighted by Gasteiger charge is -2.35. The van der Waals surface area contributed by atoms with Gasteiger partial charge in [-0.2, -0.15) is 0 Å². The van der Waals surface area contributed by atoms with Crippen LogP contribution in [0.2, 0.25) is 0 Å². The second-order valence-corrected chi connectivity index (χ2v) is 5.24. The van der Waals surface area contributed by atoms with E-state index >= 15 is 0 Å². The number of halogens is 1. The zero-order chi connectivity index (χ0) is 11.2. The fourth-order valence-corrected chi connectivity index (χ4v) is 2.37. The molecule has 0 N–H and O–H groups in total. The maximum Gasteiger partial charge on any atom is 0.191 e. The van der Waals surface area contributed by atoms with Crippen LogP contribution in [-0.4, -0.2) is 11.9 Å². The summed E-state index contributed by atoms with van der Waals surface area (Å²) in [7, 11) is 0. The normalized spacial score (nSPS) is 23.7. The van der Waals surface area contributed by atoms with Gasteiger partial charge < -0.3 is 4.74 Å². The summed E-state index contributed by atoms with van der Waals surface area (Å²) in [6.45, 7) is 5.78. The summed E-state index contributed by atoms with van der Waals surface area (Å²) >= 11 is 3.41. The van der Waals surface area contributed by atoms with Gasteiger partial charge in [0.25, 0.3) is 0 Å². The van der Waals surface area contributed by atoms with Crippen LogP contribution in [0.5, 0.6) is 0 Å². The fourth-order valence-electron chi connectivity index (χ4n) is 2.01. The lowest BCUT2D eigenvalue weighted by molar-refractivity contribution is -0.0621. The molecule has 0 amide bonds. The van der Waals surface area contributed by atoms with E-state index in [2.05, 4.69) is 15.9 Å². The number of benzene rings is 1. The van der Waals surface area contributed by atoms with Gasteiger partial charge in [-0.1, -0.05) is 15.9 Å². The van der Waals surface area contributed by atoms with Gasteiger partial charge in [0, 0.05) is 10.0 Å². The number of hydrogen-bond donors (Lipinski definition) is 0. The molecule has 1 aliphatic rings. The standard InChI is InChI=1S/C12H13BrO2/c1-7-11(14)9-5-4-8(13)6-10(9)12(2,3)15-7/h4-7H,1-3H3. The van der Waals surface area contributed by atoms with Crippen LogP contribution >= 0.6 is 15.9 Å². The Balaban J connectivity index is 2.64. The molecule has 15 heavy (non-hydrogen) atoms. The van der Waals surface area contributed by atoms with Crippen LogP contribution in [0.1, 0.15) is 36.7 Å². The predicted octanol–water partition coefficient (Wildman–Crippen LogP) is 3.29. The van der Waals surface area contributed by atoms with Crippen LogP contribution in [0.15, 0.2) is 22.7 Å². The van der Waals surface area contributed by atoms with Crippen molar-refractivity contribution in [3.8, 4) is 0 Å². The van der Waals surface area contributed by atoms with Gasteiger partial charge in [0.15, 0.2) is 5.78 Å². The molecule has 0 bridgehead atoms. The Morgan fingerprint density at radius 2 is 2.07 bits per heavy atom. The minimum atomic E-state index is -0.396. The molecule has 1 atom stereocenters. The van der Waals surface area contributed by atoms with Gasteiger partial charge in [0.2, 0.25) is 0 Å². The molecule has 3 heteroatoms. The maximum absolute atomic E-state index is 11.9. The second kappa shape index (κ2) is 3.42. The highest BCUT2D eigenvalue weighted by Crippen LogP contribution is 2.36. The summed E-state index contributed by atoms with van der Waals surface area (Å²) < 4.78 is 6.67. The summed E-state index contributed by atoms with van der Waals surface area (Å²) in [5.74, 6) is 0.0665. The van der Waals surface area contributed by atoms with Crippen molar-refractivity contribution in [3.05, 3.63) is 33.8 Å². The zero-order valence-corrected chi connectivity index (χ0v) is 10.6. The van der Waals surface area contributed by atoms with Crippen LogP contribution in [-0.2, 0) is 10.3 Å². The second-order valence-electron chi connectivity index (χ2n) is 4.32. The molecule has 0 saturated heterocycles. The quantitative estimate of drug-likeness (QED) is 0.722. The Morgan fingerprint density at radius 3 is 2.73 bits per heavy atom. The van der Waals surface area contributed by atoms with Crippen molar-refractivity contribution in [2.45, 2.75) is 32.5 Å². The van der Waals surface area contributed by atoms with E-state index in [-0.39, 0.29) is 11.9 Å². The molecule has 2 nitrogen and oxygen atoms in total. The topological polar surface area (TPSA) is 26.3 Å². The van der Waals surface area contributed by atoms with E-state index in [4.69, 9.17) is 4.74 Å². The van der Waals surface area contributed by atoms with E-state index < -0.39 is 5.60 Å². The molecular formula is C12H13BrO2. The first kappa shape index (κ1) is 10.8. The van der Waals surface area contributed by atoms with Crippen molar-refractivity contribution < 1.29 is 9.53 Å². The van der Waals surface area contributed by atoms with Crippen molar-refractivity contribution in [2.24, 2.45) is 0 Å². The van der Waals surface area contributed by atoms with Crippen LogP contribution in [0.4, 0.5) is 0 Å². The van der Waals surface area contributed by atoms with Crippen molar-refractivity contribution in [1.29, 1.82) is 0 Å². The van der Waals surface area contributed by atoms with E-state index in [1.54, 1.807) is 6.92 Å². The van der Waals surface area contributed by atoms with E-state index in [1.807, 2.05) is 32.0 Å². The van der Waals surface area contributed by atoms with Gasteiger partial charge in [0.1, 0.15) is 6.10 Å². The summed E-state index contributed by atoms with van der Waals surface area (Å²) in [6.07, 6.45) is -0.353. The maximum atomic E-state index is 11.9. The number of carbonyl (C=O) groups is 1. The molecule has 0 fully saturated rings. The molecule has 1 unspecified atom stereocenters. The molecule has 0 saturated carbocycles. The van der Waals surface area contributed by atoms with Crippen LogP contribution in [0, 0.1) is 0 Å². The molecule has 0 aromatic heterocycles. The largest absolute Gasteiger partial charge is 0.360 e. The highest BCUT2D eigenvalue weighted by molar-refractivity contribution is 9.10. The number of fused-ring (bicyclic) bond motifs is 1. The van der Waals surface area contributed by atoms with E-state index in [0.717, 1.165) is 15.6 Å². The van der Waals surface area contributed by atoms with Crippen molar-refractivity contribution in [3.63, 3.8) is 0 Å². The average Bonchev–Trinajstić information content (AvgIpc) is 2.14. The third-order valence-electron chi connectivity index (χ3n) is 2.74. The number of carbonyl (C=O) groups excluding carboxylic acids is 1. The fraction of sp³-hybridized carbons (Fsp3) is 0.417. The number of ether oxygens (including phenoxy) is 1. The minimum Gasteiger partial charge on any atom is -0.360 e. The van der Waals surface area contributed by atoms with Gasteiger partial charge in [-0.05, 0) is 44.5 Å². The molecule has 2 rings (SSSR count). The average molecular weight is 269 g/mol. The first-order valence-electron chi connectivity index (χ1n) is 4.94. The van der Waals surface area contributed by atoms with Crippen LogP contribution < -0.4 is 0 Å². The van der Waals surface area contributed by atoms with Crippen molar-refractivity contribution in [2.75, 3.05) is 0 Å². The molecule has 1 aliphatic heterocycles. The van der Waals surface area contributed by atoms with Gasteiger partial charge in [-0.15, -0.1) is 0 Å². The first-order chi connectivity index (χ1) is 6.92. The highest BCUT2D eigenvalue weighted by atomic mass is 79.9. The monoisotopic (exact) mass is 268 g/mol. The zero-order valence-electron chi connectivity index (χ0n) is 9.00. The van der Waals surface area contributed by atoms with E-state index in [0.29, 0.717) is 0 Å². The van der Waals surface area contributed by atoms with Crippen molar-refractivity contribution >= 4 is 21.7 Å². The van der Waals surface area contributed by atoms with Gasteiger partial charge in [-0.3, -0.25) is 4.79 Å².